The first kappa shape index (κ1) is 16.8. The summed E-state index contributed by atoms with van der Waals surface area (Å²) in [7, 11) is 0. The summed E-state index contributed by atoms with van der Waals surface area (Å²) < 4.78 is 40.6. The first-order chi connectivity index (χ1) is 11.1. The molecule has 2 aromatic heterocycles. The maximum atomic E-state index is 13.0. The number of piperidine rings is 1. The Balaban J connectivity index is 2.02. The molecule has 1 aliphatic rings. The van der Waals surface area contributed by atoms with Gasteiger partial charge in [-0.3, -0.25) is 9.78 Å². The molecule has 0 bridgehead atoms. The number of aromatic nitrogens is 4. The third-order valence-corrected chi connectivity index (χ3v) is 4.24. The van der Waals surface area contributed by atoms with E-state index in [9.17, 15) is 18.0 Å². The lowest BCUT2D eigenvalue weighted by molar-refractivity contribution is -0.176. The highest BCUT2D eigenvalue weighted by Gasteiger charge is 2.42. The van der Waals surface area contributed by atoms with E-state index >= 15 is 0 Å². The molecule has 1 saturated heterocycles. The van der Waals surface area contributed by atoms with Gasteiger partial charge >= 0.3 is 6.18 Å². The van der Waals surface area contributed by atoms with Crippen molar-refractivity contribution in [1.29, 1.82) is 0 Å². The van der Waals surface area contributed by atoms with Crippen LogP contribution in [0.5, 0.6) is 0 Å². The van der Waals surface area contributed by atoms with Gasteiger partial charge in [0.05, 0.1) is 17.7 Å². The van der Waals surface area contributed by atoms with Crippen LogP contribution in [-0.4, -0.2) is 39.0 Å². The second-order valence-electron chi connectivity index (χ2n) is 7.18. The van der Waals surface area contributed by atoms with E-state index in [2.05, 4.69) is 15.1 Å². The van der Waals surface area contributed by atoms with Crippen molar-refractivity contribution < 1.29 is 13.2 Å². The van der Waals surface area contributed by atoms with Gasteiger partial charge in [0.1, 0.15) is 5.39 Å². The molecule has 6 nitrogen and oxygen atoms in total. The molecule has 3 rings (SSSR count). The molecular formula is C15H20F3N5O. The van der Waals surface area contributed by atoms with Crippen LogP contribution in [0.4, 0.5) is 19.1 Å². The van der Waals surface area contributed by atoms with Crippen LogP contribution in [0.25, 0.3) is 11.0 Å². The van der Waals surface area contributed by atoms with Crippen molar-refractivity contribution in [3.63, 3.8) is 0 Å². The summed E-state index contributed by atoms with van der Waals surface area (Å²) in [5, 5.41) is 4.54. The number of anilines is 1. The van der Waals surface area contributed by atoms with Crippen molar-refractivity contribution in [2.75, 3.05) is 18.0 Å². The number of halogens is 3. The summed E-state index contributed by atoms with van der Waals surface area (Å²) >= 11 is 0. The molecule has 132 valence electrons. The Hall–Kier alpha value is -2.06. The largest absolute Gasteiger partial charge is 0.393 e. The molecule has 2 aromatic rings. The molecule has 0 radical (unpaired) electrons. The second kappa shape index (κ2) is 5.49. The third-order valence-electron chi connectivity index (χ3n) is 4.24. The third kappa shape index (κ3) is 2.99. The van der Waals surface area contributed by atoms with Crippen molar-refractivity contribution in [2.24, 2.45) is 5.92 Å². The first-order valence-corrected chi connectivity index (χ1v) is 7.87. The Morgan fingerprint density at radius 1 is 1.29 bits per heavy atom. The van der Waals surface area contributed by atoms with Crippen molar-refractivity contribution in [1.82, 2.24) is 19.7 Å². The maximum Gasteiger partial charge on any atom is 0.393 e. The van der Waals surface area contributed by atoms with Gasteiger partial charge in [-0.25, -0.2) is 4.68 Å². The number of rotatable bonds is 1. The number of alkyl halides is 3. The van der Waals surface area contributed by atoms with Gasteiger partial charge in [0, 0.05) is 13.1 Å². The van der Waals surface area contributed by atoms with Crippen LogP contribution in [0.2, 0.25) is 0 Å². The molecule has 1 fully saturated rings. The number of nitrogens with zero attached hydrogens (tertiary/aromatic N) is 4. The maximum absolute atomic E-state index is 13.0. The second-order valence-corrected chi connectivity index (χ2v) is 7.18. The van der Waals surface area contributed by atoms with Gasteiger partial charge in [-0.15, -0.1) is 0 Å². The summed E-state index contributed by atoms with van der Waals surface area (Å²) in [6, 6.07) is 0. The fraction of sp³-hybridized carbons (Fsp3) is 0.667. The monoisotopic (exact) mass is 343 g/mol. The lowest BCUT2D eigenvalue weighted by atomic mass is 9.98. The zero-order valence-corrected chi connectivity index (χ0v) is 13.8. The molecule has 3 heterocycles. The molecule has 24 heavy (non-hydrogen) atoms. The normalized spacial score (nSPS) is 19.9. The van der Waals surface area contributed by atoms with E-state index < -0.39 is 17.6 Å². The van der Waals surface area contributed by atoms with Gasteiger partial charge in [0.25, 0.3) is 5.56 Å². The van der Waals surface area contributed by atoms with Gasteiger partial charge < -0.3 is 4.90 Å². The number of hydrogen-bond donors (Lipinski definition) is 1. The number of aromatic amines is 1. The number of H-pyrrole nitrogens is 1. The summed E-state index contributed by atoms with van der Waals surface area (Å²) in [6.07, 6.45) is -2.29. The van der Waals surface area contributed by atoms with Crippen molar-refractivity contribution >= 4 is 17.0 Å². The van der Waals surface area contributed by atoms with Crippen LogP contribution in [0.3, 0.4) is 0 Å². The standard InChI is InChI=1S/C15H20F3N5O/c1-14(2,3)23-11-10(7-19-23)12(24)21-13(20-11)22-6-4-5-9(8-22)15(16,17)18/h7,9H,4-6,8H2,1-3H3,(H,20,21,24)/t9-/m0/s1. The average molecular weight is 343 g/mol. The Labute approximate surface area is 136 Å². The highest BCUT2D eigenvalue weighted by Crippen LogP contribution is 2.34. The van der Waals surface area contributed by atoms with Gasteiger partial charge in [0.2, 0.25) is 5.95 Å². The fourth-order valence-electron chi connectivity index (χ4n) is 2.98. The Morgan fingerprint density at radius 3 is 2.62 bits per heavy atom. The Morgan fingerprint density at radius 2 is 2.00 bits per heavy atom. The molecule has 1 N–H and O–H groups in total. The minimum Gasteiger partial charge on any atom is -0.342 e. The lowest BCUT2D eigenvalue weighted by Crippen LogP contribution is -2.43. The quantitative estimate of drug-likeness (QED) is 0.864. The van der Waals surface area contributed by atoms with Crippen molar-refractivity contribution in [3.05, 3.63) is 16.6 Å². The topological polar surface area (TPSA) is 66.8 Å². The van der Waals surface area contributed by atoms with Gasteiger partial charge in [-0.1, -0.05) is 0 Å². The number of nitrogens with one attached hydrogen (secondary N) is 1. The molecular weight excluding hydrogens is 323 g/mol. The predicted octanol–water partition coefficient (Wildman–Crippen LogP) is 2.65. The first-order valence-electron chi connectivity index (χ1n) is 7.87. The SMILES string of the molecule is CC(C)(C)n1ncc2c(=O)[nH]c(N3CCC[C@H](C(F)(F)F)C3)nc21. The van der Waals surface area contributed by atoms with Crippen molar-refractivity contribution in [2.45, 2.75) is 45.3 Å². The summed E-state index contributed by atoms with van der Waals surface area (Å²) in [5.41, 5.74) is -0.397. The molecule has 0 aromatic carbocycles. The molecule has 0 spiro atoms. The summed E-state index contributed by atoms with van der Waals surface area (Å²) in [6.45, 7) is 6.00. The van der Waals surface area contributed by atoms with Crippen LogP contribution < -0.4 is 10.5 Å². The van der Waals surface area contributed by atoms with E-state index in [4.69, 9.17) is 0 Å². The average Bonchev–Trinajstić information content (AvgIpc) is 2.91. The van der Waals surface area contributed by atoms with Crippen LogP contribution in [0.15, 0.2) is 11.0 Å². The van der Waals surface area contributed by atoms with Crippen LogP contribution in [0.1, 0.15) is 33.6 Å². The molecule has 0 amide bonds. The lowest BCUT2D eigenvalue weighted by Gasteiger charge is -2.34. The highest BCUT2D eigenvalue weighted by atomic mass is 19.4. The van der Waals surface area contributed by atoms with Gasteiger partial charge in [0.15, 0.2) is 5.65 Å². The molecule has 0 saturated carbocycles. The van der Waals surface area contributed by atoms with E-state index in [1.165, 1.54) is 11.1 Å². The van der Waals surface area contributed by atoms with Gasteiger partial charge in [-0.2, -0.15) is 23.3 Å². The van der Waals surface area contributed by atoms with Crippen LogP contribution >= 0.6 is 0 Å². The summed E-state index contributed by atoms with van der Waals surface area (Å²) in [5.74, 6) is -1.23. The van der Waals surface area contributed by atoms with E-state index in [0.29, 0.717) is 24.0 Å². The van der Waals surface area contributed by atoms with E-state index in [0.717, 1.165) is 0 Å². The Bertz CT molecular complexity index is 802. The molecule has 9 heteroatoms. The number of fused-ring (bicyclic) bond motifs is 1. The number of hydrogen-bond acceptors (Lipinski definition) is 4. The predicted molar refractivity (Wildman–Crippen MR) is 84.1 cm³/mol. The zero-order valence-electron chi connectivity index (χ0n) is 13.8. The van der Waals surface area contributed by atoms with Gasteiger partial charge in [-0.05, 0) is 33.6 Å². The minimum atomic E-state index is -4.24. The van der Waals surface area contributed by atoms with Crippen molar-refractivity contribution in [3.8, 4) is 0 Å². The molecule has 0 aliphatic carbocycles. The van der Waals surface area contributed by atoms with E-state index in [1.54, 1.807) is 4.68 Å². The smallest absolute Gasteiger partial charge is 0.342 e. The Kier molecular flexibility index (Phi) is 3.84. The molecule has 1 aliphatic heterocycles. The fourth-order valence-corrected chi connectivity index (χ4v) is 2.98. The van der Waals surface area contributed by atoms with E-state index in [-0.39, 0.29) is 24.5 Å². The molecule has 1 atom stereocenters. The van der Waals surface area contributed by atoms with Crippen LogP contribution in [-0.2, 0) is 5.54 Å². The molecule has 0 unspecified atom stereocenters. The highest BCUT2D eigenvalue weighted by molar-refractivity contribution is 5.74. The minimum absolute atomic E-state index is 0.104. The zero-order chi connectivity index (χ0) is 17.7. The van der Waals surface area contributed by atoms with E-state index in [1.807, 2.05) is 20.8 Å². The summed E-state index contributed by atoms with van der Waals surface area (Å²) in [4.78, 5) is 20.8. The van der Waals surface area contributed by atoms with Crippen LogP contribution in [0, 0.1) is 5.92 Å².